The zero-order valence-corrected chi connectivity index (χ0v) is 13.5. The second-order valence-corrected chi connectivity index (χ2v) is 4.31. The topological polar surface area (TPSA) is 37.1 Å². The van der Waals surface area contributed by atoms with E-state index in [-0.39, 0.29) is 0 Å². The summed E-state index contributed by atoms with van der Waals surface area (Å²) in [6.45, 7) is 10.1. The fourth-order valence-corrected chi connectivity index (χ4v) is 1.76. The maximum atomic E-state index is 4.45. The van der Waals surface area contributed by atoms with Crippen LogP contribution < -0.4 is 0 Å². The highest BCUT2D eigenvalue weighted by molar-refractivity contribution is 6.07. The predicted molar refractivity (Wildman–Crippen MR) is 97.1 cm³/mol. The van der Waals surface area contributed by atoms with E-state index in [9.17, 15) is 0 Å². The van der Waals surface area contributed by atoms with Gasteiger partial charge in [-0.1, -0.05) is 74.5 Å². The molecule has 3 nitrogen and oxygen atoms in total. The lowest BCUT2D eigenvalue weighted by molar-refractivity contribution is 1.06. The van der Waals surface area contributed by atoms with Crippen molar-refractivity contribution >= 4 is 18.4 Å². The van der Waals surface area contributed by atoms with Gasteiger partial charge in [0, 0.05) is 5.56 Å². The van der Waals surface area contributed by atoms with Crippen molar-refractivity contribution in [2.24, 2.45) is 15.0 Å². The third-order valence-electron chi connectivity index (χ3n) is 2.78. The van der Waals surface area contributed by atoms with Crippen LogP contribution in [0, 0.1) is 0 Å². The Labute approximate surface area is 133 Å². The quantitative estimate of drug-likeness (QED) is 0.577. The van der Waals surface area contributed by atoms with Gasteiger partial charge >= 0.3 is 0 Å². The van der Waals surface area contributed by atoms with Crippen LogP contribution in [0.4, 0.5) is 0 Å². The number of benzene rings is 2. The smallest absolute Gasteiger partial charge is 0.160 e. The third kappa shape index (κ3) is 5.83. The molecule has 3 heteroatoms. The van der Waals surface area contributed by atoms with Gasteiger partial charge in [-0.2, -0.15) is 0 Å². The first kappa shape index (κ1) is 17.5. The zero-order valence-electron chi connectivity index (χ0n) is 13.5. The zero-order chi connectivity index (χ0) is 16.2. The van der Waals surface area contributed by atoms with Crippen molar-refractivity contribution in [3.05, 3.63) is 71.8 Å². The summed E-state index contributed by atoms with van der Waals surface area (Å²) in [6.07, 6.45) is 0. The average molecular weight is 293 g/mol. The van der Waals surface area contributed by atoms with Crippen molar-refractivity contribution < 1.29 is 0 Å². The maximum Gasteiger partial charge on any atom is 0.160 e. The second kappa shape index (κ2) is 10.2. The van der Waals surface area contributed by atoms with Gasteiger partial charge in [0.2, 0.25) is 0 Å². The number of hydrogen-bond donors (Lipinski definition) is 0. The molecule has 0 N–H and O–H groups in total. The normalized spacial score (nSPS) is 11.4. The molecule has 0 aromatic heterocycles. The van der Waals surface area contributed by atoms with Crippen molar-refractivity contribution in [1.82, 2.24) is 0 Å². The standard InChI is InChI=1S/C17H17N3.C2H6/c1-14(19-13-15-9-5-3-6-10-15)20-17(18-2)16-11-7-4-8-12-16;1-2/h3-12H,2,13H2,1H3;1-2H3. The number of nitrogens with zero attached hydrogens (tertiary/aromatic N) is 3. The molecule has 2 aromatic carbocycles. The monoisotopic (exact) mass is 293 g/mol. The van der Waals surface area contributed by atoms with Gasteiger partial charge in [0.05, 0.1) is 6.54 Å². The van der Waals surface area contributed by atoms with Gasteiger partial charge in [-0.15, -0.1) is 0 Å². The van der Waals surface area contributed by atoms with E-state index in [1.807, 2.05) is 81.4 Å². The lowest BCUT2D eigenvalue weighted by atomic mass is 10.2. The molecule has 2 aromatic rings. The molecule has 22 heavy (non-hydrogen) atoms. The highest BCUT2D eigenvalue weighted by atomic mass is 15.0. The summed E-state index contributed by atoms with van der Waals surface area (Å²) >= 11 is 0. The Morgan fingerprint density at radius 3 is 2.00 bits per heavy atom. The Morgan fingerprint density at radius 2 is 1.45 bits per heavy atom. The molecule has 0 aliphatic rings. The average Bonchev–Trinajstić information content (AvgIpc) is 2.61. The van der Waals surface area contributed by atoms with Gasteiger partial charge < -0.3 is 0 Å². The van der Waals surface area contributed by atoms with E-state index in [0.717, 1.165) is 11.1 Å². The van der Waals surface area contributed by atoms with Crippen LogP contribution in [0.3, 0.4) is 0 Å². The lowest BCUT2D eigenvalue weighted by Gasteiger charge is -2.01. The van der Waals surface area contributed by atoms with Gasteiger partial charge in [0.25, 0.3) is 0 Å². The fourth-order valence-electron chi connectivity index (χ4n) is 1.76. The van der Waals surface area contributed by atoms with E-state index in [4.69, 9.17) is 0 Å². The molecule has 0 fully saturated rings. The first-order valence-corrected chi connectivity index (χ1v) is 7.45. The lowest BCUT2D eigenvalue weighted by Crippen LogP contribution is -2.00. The summed E-state index contributed by atoms with van der Waals surface area (Å²) in [5, 5.41) is 0. The third-order valence-corrected chi connectivity index (χ3v) is 2.78. The van der Waals surface area contributed by atoms with E-state index in [1.54, 1.807) is 0 Å². The number of aliphatic imine (C=N–C) groups is 3. The fraction of sp³-hybridized carbons (Fsp3) is 0.211. The molecule has 0 amide bonds. The minimum atomic E-state index is 0.597. The molecule has 0 spiro atoms. The van der Waals surface area contributed by atoms with Crippen LogP contribution in [0.2, 0.25) is 0 Å². The Bertz CT molecular complexity index is 614. The van der Waals surface area contributed by atoms with Crippen LogP contribution in [0.15, 0.2) is 75.6 Å². The molecule has 0 atom stereocenters. The number of amidine groups is 2. The Hall–Kier alpha value is -2.55. The summed E-state index contributed by atoms with van der Waals surface area (Å²) in [5.41, 5.74) is 2.10. The van der Waals surface area contributed by atoms with Crippen LogP contribution in [0.1, 0.15) is 31.9 Å². The summed E-state index contributed by atoms with van der Waals surface area (Å²) in [5.74, 6) is 1.29. The molecule has 2 rings (SSSR count). The molecule has 0 aliphatic carbocycles. The molecule has 0 aliphatic heterocycles. The van der Waals surface area contributed by atoms with Gasteiger partial charge in [-0.3, -0.25) is 4.99 Å². The van der Waals surface area contributed by atoms with Gasteiger partial charge in [0.1, 0.15) is 5.84 Å². The molecule has 0 bridgehead atoms. The van der Waals surface area contributed by atoms with Crippen LogP contribution >= 0.6 is 0 Å². The van der Waals surface area contributed by atoms with E-state index in [0.29, 0.717) is 18.2 Å². The summed E-state index contributed by atoms with van der Waals surface area (Å²) < 4.78 is 0. The van der Waals surface area contributed by atoms with Crippen LogP contribution in [0.5, 0.6) is 0 Å². The first-order valence-electron chi connectivity index (χ1n) is 7.45. The van der Waals surface area contributed by atoms with Crippen molar-refractivity contribution in [3.8, 4) is 0 Å². The van der Waals surface area contributed by atoms with Crippen molar-refractivity contribution in [2.75, 3.05) is 0 Å². The van der Waals surface area contributed by atoms with E-state index < -0.39 is 0 Å². The molecular formula is C19H23N3. The minimum Gasteiger partial charge on any atom is -0.266 e. The first-order chi connectivity index (χ1) is 10.8. The molecule has 0 radical (unpaired) electrons. The van der Waals surface area contributed by atoms with Crippen molar-refractivity contribution in [3.63, 3.8) is 0 Å². The summed E-state index contributed by atoms with van der Waals surface area (Å²) in [7, 11) is 0. The Kier molecular flexibility index (Phi) is 8.13. The summed E-state index contributed by atoms with van der Waals surface area (Å²) in [6, 6.07) is 19.9. The molecule has 0 saturated heterocycles. The highest BCUT2D eigenvalue weighted by Gasteiger charge is 2.00. The van der Waals surface area contributed by atoms with Crippen molar-refractivity contribution in [2.45, 2.75) is 27.3 Å². The minimum absolute atomic E-state index is 0.597. The SMILES string of the molecule is C=NC(=NC(C)=NCc1ccccc1)c1ccccc1.CC. The van der Waals surface area contributed by atoms with Gasteiger partial charge in [-0.05, 0) is 19.2 Å². The number of rotatable bonds is 3. The molecule has 114 valence electrons. The van der Waals surface area contributed by atoms with Crippen molar-refractivity contribution in [1.29, 1.82) is 0 Å². The van der Waals surface area contributed by atoms with E-state index in [2.05, 4.69) is 21.7 Å². The molecule has 0 heterocycles. The predicted octanol–water partition coefficient (Wildman–Crippen LogP) is 4.78. The largest absolute Gasteiger partial charge is 0.266 e. The molecule has 0 saturated carbocycles. The van der Waals surface area contributed by atoms with Crippen LogP contribution in [-0.4, -0.2) is 18.4 Å². The van der Waals surface area contributed by atoms with E-state index in [1.165, 1.54) is 0 Å². The Morgan fingerprint density at radius 1 is 0.909 bits per heavy atom. The van der Waals surface area contributed by atoms with Gasteiger partial charge in [0.15, 0.2) is 5.84 Å². The maximum absolute atomic E-state index is 4.45. The highest BCUT2D eigenvalue weighted by Crippen LogP contribution is 2.04. The molecular weight excluding hydrogens is 270 g/mol. The van der Waals surface area contributed by atoms with Crippen LogP contribution in [0.25, 0.3) is 0 Å². The summed E-state index contributed by atoms with van der Waals surface area (Å²) in [4.78, 5) is 12.8. The number of hydrogen-bond acceptors (Lipinski definition) is 1. The molecule has 0 unspecified atom stereocenters. The Balaban J connectivity index is 0.00000116. The second-order valence-electron chi connectivity index (χ2n) is 4.31. The van der Waals surface area contributed by atoms with Gasteiger partial charge in [-0.25, -0.2) is 9.98 Å². The van der Waals surface area contributed by atoms with Crippen LogP contribution in [-0.2, 0) is 6.54 Å². The van der Waals surface area contributed by atoms with E-state index >= 15 is 0 Å².